The zero-order valence-corrected chi connectivity index (χ0v) is 7.95. The van der Waals surface area contributed by atoms with E-state index in [2.05, 4.69) is 0 Å². The van der Waals surface area contributed by atoms with E-state index in [4.69, 9.17) is 4.55 Å². The fraction of sp³-hybridized carbons (Fsp3) is 1.00. The maximum absolute atomic E-state index is 11.4. The molecule has 0 spiro atoms. The molecule has 15 heavy (non-hydrogen) atoms. The van der Waals surface area contributed by atoms with E-state index in [1.54, 1.807) is 0 Å². The molecule has 10 heteroatoms. The quantitative estimate of drug-likeness (QED) is 0.627. The second-order valence-electron chi connectivity index (χ2n) is 2.25. The third-order valence-corrected chi connectivity index (χ3v) is 1.67. The van der Waals surface area contributed by atoms with Crippen molar-refractivity contribution in [2.24, 2.45) is 0 Å². The lowest BCUT2D eigenvalue weighted by Crippen LogP contribution is -2.11. The summed E-state index contributed by atoms with van der Waals surface area (Å²) in [5.74, 6) is -0.841. The van der Waals surface area contributed by atoms with Gasteiger partial charge in [-0.15, -0.1) is 0 Å². The van der Waals surface area contributed by atoms with Gasteiger partial charge in [-0.2, -0.15) is 34.8 Å². The molecule has 0 rings (SSSR count). The summed E-state index contributed by atoms with van der Waals surface area (Å²) in [5.41, 5.74) is 0. The molecule has 0 unspecified atom stereocenters. The van der Waals surface area contributed by atoms with Crippen LogP contribution in [0.5, 0.6) is 0 Å². The van der Waals surface area contributed by atoms with Crippen molar-refractivity contribution in [3.05, 3.63) is 0 Å². The highest BCUT2D eigenvalue weighted by atomic mass is 32.2. The first-order valence-corrected chi connectivity index (χ1v) is 4.99. The molecule has 0 aliphatic carbocycles. The molecular weight excluding hydrogens is 254 g/mol. The van der Waals surface area contributed by atoms with Gasteiger partial charge >= 0.3 is 12.9 Å². The molecule has 0 fully saturated rings. The van der Waals surface area contributed by atoms with Crippen LogP contribution in [0.2, 0.25) is 0 Å². The summed E-state index contributed by atoms with van der Waals surface area (Å²) in [6.07, 6.45) is -6.14. The molecule has 0 atom stereocenters. The minimum absolute atomic E-state index is 0.595. The Labute approximate surface area is 81.8 Å². The molecule has 0 aliphatic heterocycles. The average molecular weight is 262 g/mol. The van der Waals surface area contributed by atoms with Gasteiger partial charge in [-0.3, -0.25) is 4.55 Å². The Hall–Kier alpha value is -0.510. The van der Waals surface area contributed by atoms with Crippen molar-refractivity contribution in [2.75, 3.05) is 5.75 Å². The minimum Gasteiger partial charge on any atom is -0.286 e. The van der Waals surface area contributed by atoms with Crippen molar-refractivity contribution < 1.29 is 39.3 Å². The van der Waals surface area contributed by atoms with Crippen LogP contribution in [0.3, 0.4) is 0 Å². The first kappa shape index (κ1) is 16.9. The van der Waals surface area contributed by atoms with Crippen molar-refractivity contribution in [3.8, 4) is 0 Å². The van der Waals surface area contributed by atoms with Crippen LogP contribution in [-0.4, -0.2) is 31.6 Å². The Balaban J connectivity index is 0. The van der Waals surface area contributed by atoms with E-state index in [0.29, 0.717) is 0 Å². The summed E-state index contributed by atoms with van der Waals surface area (Å²) in [7, 11) is -4.25. The van der Waals surface area contributed by atoms with Crippen molar-refractivity contribution in [1.82, 2.24) is 0 Å². The van der Waals surface area contributed by atoms with Crippen LogP contribution < -0.4 is 0 Å². The highest BCUT2D eigenvalue weighted by Gasteiger charge is 2.26. The second kappa shape index (κ2) is 6.88. The molecule has 0 aliphatic rings. The maximum Gasteiger partial charge on any atom is 0.389 e. The zero-order chi connectivity index (χ0) is 12.7. The Bertz CT molecular complexity index is 243. The molecule has 0 aromatic heterocycles. The SMILES string of the molecule is FC(F)F.O=S(=O)(O)CCCC(F)(F)F. The van der Waals surface area contributed by atoms with E-state index in [-0.39, 0.29) is 0 Å². The first-order valence-electron chi connectivity index (χ1n) is 3.38. The van der Waals surface area contributed by atoms with Gasteiger partial charge in [0.15, 0.2) is 0 Å². The minimum atomic E-state index is -4.36. The summed E-state index contributed by atoms with van der Waals surface area (Å²) in [6.45, 7) is -3.67. The Morgan fingerprint density at radius 1 is 1.13 bits per heavy atom. The molecular formula is C5H8F6O3S. The monoisotopic (exact) mass is 262 g/mol. The molecule has 0 radical (unpaired) electrons. The summed E-state index contributed by atoms with van der Waals surface area (Å²) >= 11 is 0. The summed E-state index contributed by atoms with van der Waals surface area (Å²) in [5, 5.41) is 0. The molecule has 0 bridgehead atoms. The van der Waals surface area contributed by atoms with Gasteiger partial charge in [0.1, 0.15) is 0 Å². The van der Waals surface area contributed by atoms with Gasteiger partial charge in [-0.05, 0) is 6.42 Å². The van der Waals surface area contributed by atoms with Gasteiger partial charge in [0.2, 0.25) is 0 Å². The third kappa shape index (κ3) is 31.7. The third-order valence-electron chi connectivity index (χ3n) is 0.863. The lowest BCUT2D eigenvalue weighted by atomic mass is 10.3. The normalized spacial score (nSPS) is 12.3. The smallest absolute Gasteiger partial charge is 0.286 e. The molecule has 0 heterocycles. The van der Waals surface area contributed by atoms with Crippen LogP contribution in [0.15, 0.2) is 0 Å². The molecule has 0 aromatic rings. The largest absolute Gasteiger partial charge is 0.389 e. The van der Waals surface area contributed by atoms with Gasteiger partial charge < -0.3 is 0 Å². The Morgan fingerprint density at radius 3 is 1.67 bits per heavy atom. The van der Waals surface area contributed by atoms with Crippen LogP contribution in [0.4, 0.5) is 26.3 Å². The van der Waals surface area contributed by atoms with Gasteiger partial charge in [0, 0.05) is 6.42 Å². The predicted molar refractivity (Wildman–Crippen MR) is 38.8 cm³/mol. The van der Waals surface area contributed by atoms with Crippen LogP contribution in [-0.2, 0) is 10.1 Å². The van der Waals surface area contributed by atoms with Gasteiger partial charge in [0.05, 0.1) is 5.75 Å². The fourth-order valence-electron chi connectivity index (χ4n) is 0.455. The summed E-state index contributed by atoms with van der Waals surface area (Å²) in [6, 6.07) is 0. The lowest BCUT2D eigenvalue weighted by Gasteiger charge is -2.03. The number of alkyl halides is 6. The topological polar surface area (TPSA) is 54.4 Å². The van der Waals surface area contributed by atoms with E-state index >= 15 is 0 Å². The summed E-state index contributed by atoms with van der Waals surface area (Å²) < 4.78 is 90.9. The highest BCUT2D eigenvalue weighted by molar-refractivity contribution is 7.85. The van der Waals surface area contributed by atoms with E-state index in [9.17, 15) is 34.8 Å². The molecule has 0 aromatic carbocycles. The van der Waals surface area contributed by atoms with Crippen LogP contribution >= 0.6 is 0 Å². The molecule has 94 valence electrons. The number of hydrogen-bond donors (Lipinski definition) is 1. The Kier molecular flexibility index (Phi) is 7.75. The number of rotatable bonds is 3. The second-order valence-corrected chi connectivity index (χ2v) is 3.82. The van der Waals surface area contributed by atoms with Crippen molar-refractivity contribution in [2.45, 2.75) is 25.7 Å². The van der Waals surface area contributed by atoms with Crippen molar-refractivity contribution >= 4 is 10.1 Å². The van der Waals surface area contributed by atoms with Crippen LogP contribution in [0.1, 0.15) is 12.8 Å². The Morgan fingerprint density at radius 2 is 1.47 bits per heavy atom. The van der Waals surface area contributed by atoms with Crippen molar-refractivity contribution in [1.29, 1.82) is 0 Å². The van der Waals surface area contributed by atoms with Gasteiger partial charge in [0.25, 0.3) is 10.1 Å². The maximum atomic E-state index is 11.4. The number of hydrogen-bond acceptors (Lipinski definition) is 2. The predicted octanol–water partition coefficient (Wildman–Crippen LogP) is 2.40. The first-order chi connectivity index (χ1) is 6.44. The van der Waals surface area contributed by atoms with Gasteiger partial charge in [-0.1, -0.05) is 0 Å². The van der Waals surface area contributed by atoms with Crippen LogP contribution in [0.25, 0.3) is 0 Å². The van der Waals surface area contributed by atoms with E-state index in [1.165, 1.54) is 0 Å². The highest BCUT2D eigenvalue weighted by Crippen LogP contribution is 2.21. The average Bonchev–Trinajstić information content (AvgIpc) is 1.77. The lowest BCUT2D eigenvalue weighted by molar-refractivity contribution is -0.134. The standard InChI is InChI=1S/C4H7F3O3S.CHF3/c5-4(6,7)2-1-3-11(8,9)10;2-1(3)4/h1-3H2,(H,8,9,10);1H. The molecule has 0 saturated carbocycles. The van der Waals surface area contributed by atoms with E-state index in [1.807, 2.05) is 0 Å². The number of halogens is 6. The van der Waals surface area contributed by atoms with Crippen LogP contribution in [0, 0.1) is 0 Å². The molecule has 3 nitrogen and oxygen atoms in total. The molecule has 0 amide bonds. The zero-order valence-electron chi connectivity index (χ0n) is 7.14. The molecule has 0 saturated heterocycles. The van der Waals surface area contributed by atoms with Crippen molar-refractivity contribution in [3.63, 3.8) is 0 Å². The van der Waals surface area contributed by atoms with Gasteiger partial charge in [-0.25, -0.2) is 0 Å². The van der Waals surface area contributed by atoms with E-state index in [0.717, 1.165) is 0 Å². The summed E-state index contributed by atoms with van der Waals surface area (Å²) in [4.78, 5) is 0. The van der Waals surface area contributed by atoms with E-state index < -0.39 is 41.6 Å². The molecule has 1 N–H and O–H groups in total. The fourth-order valence-corrected chi connectivity index (χ4v) is 0.964.